The lowest BCUT2D eigenvalue weighted by molar-refractivity contribution is 0.598. The van der Waals surface area contributed by atoms with E-state index in [9.17, 15) is 13.2 Å². The molecule has 5 N–H and O–H groups in total. The van der Waals surface area contributed by atoms with Gasteiger partial charge in [0.25, 0.3) is 5.56 Å². The molecule has 3 aromatic rings. The smallest absolute Gasteiger partial charge is 0.269 e. The number of benzene rings is 2. The molecule has 0 unspecified atom stereocenters. The summed E-state index contributed by atoms with van der Waals surface area (Å²) in [5, 5.41) is 13.6. The predicted octanol–water partition coefficient (Wildman–Crippen LogP) is 1.63. The molecule has 0 amide bonds. The quantitative estimate of drug-likeness (QED) is 0.562. The van der Waals surface area contributed by atoms with Gasteiger partial charge < -0.3 is 5.32 Å². The van der Waals surface area contributed by atoms with Crippen LogP contribution in [0.4, 0.5) is 5.69 Å². The van der Waals surface area contributed by atoms with Gasteiger partial charge in [-0.15, -0.1) is 0 Å². The Labute approximate surface area is 138 Å². The highest BCUT2D eigenvalue weighted by molar-refractivity contribution is 7.89. The number of nitrogens with one attached hydrogen (secondary N) is 3. The molecule has 0 spiro atoms. The molecule has 0 aliphatic carbocycles. The van der Waals surface area contributed by atoms with Crippen molar-refractivity contribution in [3.63, 3.8) is 0 Å². The molecule has 0 bridgehead atoms. The Morgan fingerprint density at radius 3 is 2.25 bits per heavy atom. The summed E-state index contributed by atoms with van der Waals surface area (Å²) in [6.45, 7) is 0.289. The number of hydrogen-bond donors (Lipinski definition) is 4. The number of primary sulfonamides is 1. The molecule has 0 saturated carbocycles. The van der Waals surface area contributed by atoms with Crippen LogP contribution in [0.1, 0.15) is 5.56 Å². The molecule has 0 fully saturated rings. The van der Waals surface area contributed by atoms with Gasteiger partial charge in [-0.3, -0.25) is 15.0 Å². The first-order valence-electron chi connectivity index (χ1n) is 7.17. The third-order valence-corrected chi connectivity index (χ3v) is 4.52. The summed E-state index contributed by atoms with van der Waals surface area (Å²) in [7, 11) is -3.71. The molecule has 1 aromatic heterocycles. The third kappa shape index (κ3) is 3.39. The second kappa shape index (κ2) is 6.34. The van der Waals surface area contributed by atoms with E-state index in [1.807, 2.05) is 30.3 Å². The number of hydrogen-bond acceptors (Lipinski definition) is 4. The third-order valence-electron chi connectivity index (χ3n) is 3.59. The average Bonchev–Trinajstić information content (AvgIpc) is 2.94. The van der Waals surface area contributed by atoms with E-state index in [0.717, 1.165) is 5.56 Å². The van der Waals surface area contributed by atoms with Gasteiger partial charge in [0.1, 0.15) is 0 Å². The largest absolute Gasteiger partial charge is 0.381 e. The number of rotatable bonds is 5. The van der Waals surface area contributed by atoms with Crippen LogP contribution in [0.15, 0.2) is 64.3 Å². The van der Waals surface area contributed by atoms with Crippen LogP contribution in [0.3, 0.4) is 0 Å². The van der Waals surface area contributed by atoms with Gasteiger partial charge in [0, 0.05) is 12.2 Å². The van der Waals surface area contributed by atoms with Crippen molar-refractivity contribution in [2.45, 2.75) is 11.4 Å². The van der Waals surface area contributed by atoms with Crippen molar-refractivity contribution in [3.8, 4) is 11.3 Å². The van der Waals surface area contributed by atoms with Gasteiger partial charge in [-0.05, 0) is 29.8 Å². The maximum absolute atomic E-state index is 12.0. The normalized spacial score (nSPS) is 11.4. The highest BCUT2D eigenvalue weighted by Gasteiger charge is 2.12. The van der Waals surface area contributed by atoms with Crippen LogP contribution in [0.25, 0.3) is 11.3 Å². The number of nitrogens with two attached hydrogens (primary N) is 1. The summed E-state index contributed by atoms with van der Waals surface area (Å²) in [5.74, 6) is 0. The zero-order valence-corrected chi connectivity index (χ0v) is 13.4. The van der Waals surface area contributed by atoms with E-state index >= 15 is 0 Å². The average molecular weight is 344 g/mol. The van der Waals surface area contributed by atoms with Crippen molar-refractivity contribution in [1.29, 1.82) is 0 Å². The molecular weight excluding hydrogens is 328 g/mol. The van der Waals surface area contributed by atoms with Gasteiger partial charge in [0.15, 0.2) is 0 Å². The molecule has 2 aromatic carbocycles. The molecule has 124 valence electrons. The van der Waals surface area contributed by atoms with Crippen LogP contribution in [0.5, 0.6) is 0 Å². The van der Waals surface area contributed by atoms with Gasteiger partial charge in [-0.1, -0.05) is 30.3 Å². The monoisotopic (exact) mass is 344 g/mol. The highest BCUT2D eigenvalue weighted by atomic mass is 32.2. The van der Waals surface area contributed by atoms with Crippen molar-refractivity contribution < 1.29 is 8.42 Å². The molecule has 0 aliphatic heterocycles. The lowest BCUT2D eigenvalue weighted by Crippen LogP contribution is -2.13. The fourth-order valence-electron chi connectivity index (χ4n) is 2.36. The topological polar surface area (TPSA) is 121 Å². The van der Waals surface area contributed by atoms with Gasteiger partial charge in [-0.2, -0.15) is 0 Å². The second-order valence-corrected chi connectivity index (χ2v) is 6.78. The molecule has 0 saturated heterocycles. The van der Waals surface area contributed by atoms with Crippen molar-refractivity contribution >= 4 is 15.7 Å². The van der Waals surface area contributed by atoms with Gasteiger partial charge in [0.2, 0.25) is 10.0 Å². The zero-order chi connectivity index (χ0) is 17.2. The van der Waals surface area contributed by atoms with Crippen molar-refractivity contribution in [2.75, 3.05) is 5.32 Å². The standard InChI is InChI=1S/C16H16N4O3S/c17-24(22,23)13-8-6-12(7-9-13)18-10-14-15(19-20-16(14)21)11-4-2-1-3-5-11/h1-9,18H,10H2,(H2,17,22,23)(H2,19,20,21). The summed E-state index contributed by atoms with van der Waals surface area (Å²) in [6.07, 6.45) is 0. The van der Waals surface area contributed by atoms with Crippen molar-refractivity contribution in [3.05, 3.63) is 70.5 Å². The molecule has 8 heteroatoms. The molecule has 7 nitrogen and oxygen atoms in total. The molecule has 3 rings (SSSR count). The van der Waals surface area contributed by atoms with E-state index in [0.29, 0.717) is 16.9 Å². The van der Waals surface area contributed by atoms with Crippen molar-refractivity contribution in [1.82, 2.24) is 10.2 Å². The molecule has 0 aliphatic rings. The SMILES string of the molecule is NS(=O)(=O)c1ccc(NCc2c(-c3ccccc3)[nH][nH]c2=O)cc1. The number of sulfonamides is 1. The highest BCUT2D eigenvalue weighted by Crippen LogP contribution is 2.20. The van der Waals surface area contributed by atoms with Gasteiger partial charge >= 0.3 is 0 Å². The Hall–Kier alpha value is -2.84. The van der Waals surface area contributed by atoms with E-state index < -0.39 is 10.0 Å². The van der Waals surface area contributed by atoms with Crippen molar-refractivity contribution in [2.24, 2.45) is 5.14 Å². The lowest BCUT2D eigenvalue weighted by Gasteiger charge is -2.07. The number of H-pyrrole nitrogens is 2. The van der Waals surface area contributed by atoms with Crippen LogP contribution >= 0.6 is 0 Å². The predicted molar refractivity (Wildman–Crippen MR) is 92.0 cm³/mol. The molecule has 1 heterocycles. The minimum atomic E-state index is -3.71. The van der Waals surface area contributed by atoms with E-state index in [2.05, 4.69) is 15.5 Å². The van der Waals surface area contributed by atoms with E-state index in [1.54, 1.807) is 12.1 Å². The molecule has 0 atom stereocenters. The summed E-state index contributed by atoms with van der Waals surface area (Å²) in [5.41, 5.74) is 2.66. The zero-order valence-electron chi connectivity index (χ0n) is 12.6. The molecule has 24 heavy (non-hydrogen) atoms. The van der Waals surface area contributed by atoms with E-state index in [1.165, 1.54) is 12.1 Å². The fraction of sp³-hybridized carbons (Fsp3) is 0.0625. The number of aromatic amines is 2. The summed E-state index contributed by atoms with van der Waals surface area (Å²) in [6, 6.07) is 15.5. The number of anilines is 1. The minimum absolute atomic E-state index is 0.0394. The first-order chi connectivity index (χ1) is 11.4. The summed E-state index contributed by atoms with van der Waals surface area (Å²) < 4.78 is 22.5. The van der Waals surface area contributed by atoms with Crippen LogP contribution in [-0.2, 0) is 16.6 Å². The van der Waals surface area contributed by atoms with Crippen LogP contribution in [0.2, 0.25) is 0 Å². The Bertz CT molecular complexity index is 990. The Kier molecular flexibility index (Phi) is 4.24. The summed E-state index contributed by atoms with van der Waals surface area (Å²) >= 11 is 0. The van der Waals surface area contributed by atoms with Crippen LogP contribution < -0.4 is 16.0 Å². The Morgan fingerprint density at radius 1 is 0.958 bits per heavy atom. The number of aromatic nitrogens is 2. The molecular formula is C16H16N4O3S. The Balaban J connectivity index is 1.81. The fourth-order valence-corrected chi connectivity index (χ4v) is 2.87. The van der Waals surface area contributed by atoms with Gasteiger partial charge in [-0.25, -0.2) is 13.6 Å². The first-order valence-corrected chi connectivity index (χ1v) is 8.71. The van der Waals surface area contributed by atoms with Crippen LogP contribution in [-0.4, -0.2) is 18.6 Å². The maximum Gasteiger partial charge on any atom is 0.269 e. The minimum Gasteiger partial charge on any atom is -0.381 e. The van der Waals surface area contributed by atoms with Gasteiger partial charge in [0.05, 0.1) is 16.2 Å². The lowest BCUT2D eigenvalue weighted by atomic mass is 10.1. The first kappa shape index (κ1) is 16.0. The van der Waals surface area contributed by atoms with Crippen LogP contribution in [0, 0.1) is 0 Å². The second-order valence-electron chi connectivity index (χ2n) is 5.22. The van der Waals surface area contributed by atoms with E-state index in [4.69, 9.17) is 5.14 Å². The van der Waals surface area contributed by atoms with E-state index in [-0.39, 0.29) is 17.0 Å². The maximum atomic E-state index is 12.0. The molecule has 0 radical (unpaired) electrons. The summed E-state index contributed by atoms with van der Waals surface area (Å²) in [4.78, 5) is 12.0. The Morgan fingerprint density at radius 2 is 1.62 bits per heavy atom.